The Hall–Kier alpha value is -2.00. The van der Waals surface area contributed by atoms with Crippen molar-refractivity contribution in [2.75, 3.05) is 7.05 Å². The summed E-state index contributed by atoms with van der Waals surface area (Å²) in [5.41, 5.74) is 0.958. The molecule has 0 aliphatic carbocycles. The first-order valence-corrected chi connectivity index (χ1v) is 6.44. The third-order valence-corrected chi connectivity index (χ3v) is 2.88. The zero-order valence-electron chi connectivity index (χ0n) is 12.2. The van der Waals surface area contributed by atoms with E-state index in [1.165, 1.54) is 0 Å². The lowest BCUT2D eigenvalue weighted by molar-refractivity contribution is -0.165. The third kappa shape index (κ3) is 6.64. The van der Waals surface area contributed by atoms with Crippen LogP contribution in [0.25, 0.3) is 0 Å². The van der Waals surface area contributed by atoms with Crippen LogP contribution < -0.4 is 5.32 Å². The quantitative estimate of drug-likeness (QED) is 0.400. The van der Waals surface area contributed by atoms with Gasteiger partial charge in [0.05, 0.1) is 6.10 Å². The molecule has 124 valence electrons. The molecule has 0 saturated carbocycles. The van der Waals surface area contributed by atoms with Crippen molar-refractivity contribution in [3.05, 3.63) is 35.9 Å². The SMILES string of the molecule is CN[C@@H](C)[C@H](O)c1ccccc1.O=C(O)C(O)C(O)C(=O)O. The van der Waals surface area contributed by atoms with Crippen molar-refractivity contribution in [3.8, 4) is 0 Å². The first kappa shape index (κ1) is 20.0. The van der Waals surface area contributed by atoms with Gasteiger partial charge in [-0.1, -0.05) is 30.3 Å². The number of likely N-dealkylation sites (N-methyl/N-ethyl adjacent to an activating group) is 1. The zero-order valence-corrected chi connectivity index (χ0v) is 12.2. The Morgan fingerprint density at radius 3 is 1.68 bits per heavy atom. The van der Waals surface area contributed by atoms with Gasteiger partial charge in [0.1, 0.15) is 0 Å². The fourth-order valence-electron chi connectivity index (χ4n) is 1.37. The molecule has 0 radical (unpaired) electrons. The summed E-state index contributed by atoms with van der Waals surface area (Å²) in [6.07, 6.45) is -4.95. The number of benzene rings is 1. The first-order valence-electron chi connectivity index (χ1n) is 6.44. The van der Waals surface area contributed by atoms with Gasteiger partial charge in [-0.15, -0.1) is 0 Å². The molecule has 0 amide bonds. The minimum absolute atomic E-state index is 0.0902. The molecule has 2 unspecified atom stereocenters. The summed E-state index contributed by atoms with van der Waals surface area (Å²) in [6.45, 7) is 1.96. The summed E-state index contributed by atoms with van der Waals surface area (Å²) in [6, 6.07) is 9.76. The molecule has 4 atom stereocenters. The van der Waals surface area contributed by atoms with Gasteiger partial charge in [0.25, 0.3) is 0 Å². The second-order valence-electron chi connectivity index (χ2n) is 4.50. The van der Waals surface area contributed by atoms with Gasteiger partial charge in [-0.25, -0.2) is 9.59 Å². The van der Waals surface area contributed by atoms with Crippen molar-refractivity contribution >= 4 is 11.9 Å². The molecule has 0 spiro atoms. The molecule has 22 heavy (non-hydrogen) atoms. The Morgan fingerprint density at radius 2 is 1.36 bits per heavy atom. The standard InChI is InChI=1S/C10H15NO.C4H6O6/c1-8(11-2)10(12)9-6-4-3-5-7-9;5-1(3(7)8)2(6)4(9)10/h3-8,10-12H,1-2H3;1-2,5-6H,(H,7,8)(H,9,10)/t8-,10-;/m0./s1. The average molecular weight is 315 g/mol. The van der Waals surface area contributed by atoms with E-state index in [1.54, 1.807) is 0 Å². The predicted octanol–water partition coefficient (Wildman–Crippen LogP) is -0.795. The second kappa shape index (κ2) is 9.85. The maximum absolute atomic E-state index is 9.77. The fourth-order valence-corrected chi connectivity index (χ4v) is 1.37. The van der Waals surface area contributed by atoms with E-state index in [2.05, 4.69) is 5.32 Å². The molecule has 0 aromatic heterocycles. The topological polar surface area (TPSA) is 147 Å². The predicted molar refractivity (Wildman–Crippen MR) is 77.2 cm³/mol. The molecular weight excluding hydrogens is 294 g/mol. The highest BCUT2D eigenvalue weighted by Crippen LogP contribution is 2.15. The zero-order chi connectivity index (χ0) is 17.3. The third-order valence-electron chi connectivity index (χ3n) is 2.88. The average Bonchev–Trinajstić information content (AvgIpc) is 2.53. The van der Waals surface area contributed by atoms with Crippen LogP contribution in [0.5, 0.6) is 0 Å². The second-order valence-corrected chi connectivity index (χ2v) is 4.50. The number of aliphatic hydroxyl groups excluding tert-OH is 3. The number of aliphatic hydroxyl groups is 3. The molecular formula is C14H21NO7. The van der Waals surface area contributed by atoms with Crippen LogP contribution in [0.15, 0.2) is 30.3 Å². The Balaban J connectivity index is 0.000000409. The van der Waals surface area contributed by atoms with Crippen LogP contribution in [0, 0.1) is 0 Å². The largest absolute Gasteiger partial charge is 0.479 e. The van der Waals surface area contributed by atoms with E-state index in [9.17, 15) is 14.7 Å². The van der Waals surface area contributed by atoms with E-state index < -0.39 is 30.3 Å². The smallest absolute Gasteiger partial charge is 0.335 e. The number of hydrogen-bond donors (Lipinski definition) is 6. The summed E-state index contributed by atoms with van der Waals surface area (Å²) < 4.78 is 0. The van der Waals surface area contributed by atoms with Crippen LogP contribution in [-0.2, 0) is 9.59 Å². The maximum Gasteiger partial charge on any atom is 0.335 e. The Bertz CT molecular complexity index is 448. The molecule has 0 fully saturated rings. The van der Waals surface area contributed by atoms with Crippen LogP contribution >= 0.6 is 0 Å². The first-order chi connectivity index (χ1) is 10.2. The summed E-state index contributed by atoms with van der Waals surface area (Å²) in [5, 5.41) is 45.3. The van der Waals surface area contributed by atoms with Crippen molar-refractivity contribution in [3.63, 3.8) is 0 Å². The Labute approximate surface area is 127 Å². The van der Waals surface area contributed by atoms with E-state index in [0.717, 1.165) is 5.56 Å². The molecule has 0 heterocycles. The summed E-state index contributed by atoms with van der Waals surface area (Å²) in [7, 11) is 1.84. The number of carboxylic acid groups (broad SMARTS) is 2. The van der Waals surface area contributed by atoms with Crippen molar-refractivity contribution in [1.29, 1.82) is 0 Å². The highest BCUT2D eigenvalue weighted by atomic mass is 16.4. The van der Waals surface area contributed by atoms with Gasteiger partial charge in [-0.2, -0.15) is 0 Å². The highest BCUT2D eigenvalue weighted by Gasteiger charge is 2.29. The van der Waals surface area contributed by atoms with Crippen molar-refractivity contribution < 1.29 is 35.1 Å². The molecule has 8 heteroatoms. The summed E-state index contributed by atoms with van der Waals surface area (Å²) in [4.78, 5) is 19.5. The van der Waals surface area contributed by atoms with E-state index >= 15 is 0 Å². The van der Waals surface area contributed by atoms with Crippen molar-refractivity contribution in [1.82, 2.24) is 5.32 Å². The fraction of sp³-hybridized carbons (Fsp3) is 0.429. The monoisotopic (exact) mass is 315 g/mol. The molecule has 6 N–H and O–H groups in total. The molecule has 0 saturated heterocycles. The summed E-state index contributed by atoms with van der Waals surface area (Å²) in [5.74, 6) is -3.54. The Morgan fingerprint density at radius 1 is 0.955 bits per heavy atom. The highest BCUT2D eigenvalue weighted by molar-refractivity contribution is 5.83. The molecule has 1 aromatic carbocycles. The number of nitrogens with one attached hydrogen (secondary N) is 1. The minimum Gasteiger partial charge on any atom is -0.479 e. The van der Waals surface area contributed by atoms with Crippen LogP contribution in [0.4, 0.5) is 0 Å². The van der Waals surface area contributed by atoms with Crippen LogP contribution in [0.3, 0.4) is 0 Å². The number of aliphatic carboxylic acids is 2. The molecule has 0 aliphatic heterocycles. The lowest BCUT2D eigenvalue weighted by Gasteiger charge is -2.17. The van der Waals surface area contributed by atoms with Crippen LogP contribution in [-0.4, -0.2) is 62.8 Å². The molecule has 1 aromatic rings. The maximum atomic E-state index is 9.77. The van der Waals surface area contributed by atoms with E-state index in [0.29, 0.717) is 0 Å². The number of rotatable bonds is 6. The van der Waals surface area contributed by atoms with Gasteiger partial charge in [-0.05, 0) is 19.5 Å². The Kier molecular flexibility index (Phi) is 8.95. The summed E-state index contributed by atoms with van der Waals surface area (Å²) >= 11 is 0. The number of carboxylic acids is 2. The van der Waals surface area contributed by atoms with Crippen molar-refractivity contribution in [2.24, 2.45) is 0 Å². The van der Waals surface area contributed by atoms with Gasteiger partial charge < -0.3 is 30.8 Å². The lowest BCUT2D eigenvalue weighted by atomic mass is 10.0. The van der Waals surface area contributed by atoms with Gasteiger partial charge >= 0.3 is 11.9 Å². The molecule has 0 aliphatic rings. The van der Waals surface area contributed by atoms with Crippen molar-refractivity contribution in [2.45, 2.75) is 31.3 Å². The minimum atomic E-state index is -2.27. The number of carbonyl (C=O) groups is 2. The molecule has 8 nitrogen and oxygen atoms in total. The van der Waals surface area contributed by atoms with Gasteiger partial charge in [0.2, 0.25) is 0 Å². The molecule has 1 rings (SSSR count). The van der Waals surface area contributed by atoms with Gasteiger partial charge in [0.15, 0.2) is 12.2 Å². The van der Waals surface area contributed by atoms with Crippen LogP contribution in [0.2, 0.25) is 0 Å². The van der Waals surface area contributed by atoms with E-state index in [1.807, 2.05) is 44.3 Å². The van der Waals surface area contributed by atoms with E-state index in [-0.39, 0.29) is 6.04 Å². The number of hydrogen-bond acceptors (Lipinski definition) is 6. The normalized spacial score (nSPS) is 15.7. The van der Waals surface area contributed by atoms with E-state index in [4.69, 9.17) is 20.4 Å². The van der Waals surface area contributed by atoms with Gasteiger partial charge in [0, 0.05) is 6.04 Å². The van der Waals surface area contributed by atoms with Gasteiger partial charge in [-0.3, -0.25) is 0 Å². The molecule has 0 bridgehead atoms. The lowest BCUT2D eigenvalue weighted by Crippen LogP contribution is -2.39. The van der Waals surface area contributed by atoms with Crippen LogP contribution in [0.1, 0.15) is 18.6 Å².